The standard InChI is InChI=1S/C10H15NO3/c1-13-7-14-9-4-2-3-8(5-9)10(12)6-11/h2-5,10,12H,6-7,11H2,1H3. The summed E-state index contributed by atoms with van der Waals surface area (Å²) in [6.45, 7) is 0.399. The molecule has 4 nitrogen and oxygen atoms in total. The van der Waals surface area contributed by atoms with E-state index in [1.807, 2.05) is 0 Å². The topological polar surface area (TPSA) is 64.7 Å². The first-order valence-electron chi connectivity index (χ1n) is 4.37. The highest BCUT2D eigenvalue weighted by Gasteiger charge is 2.05. The first kappa shape index (κ1) is 11.0. The van der Waals surface area contributed by atoms with E-state index in [-0.39, 0.29) is 13.3 Å². The van der Waals surface area contributed by atoms with Gasteiger partial charge in [0.15, 0.2) is 6.79 Å². The number of benzene rings is 1. The van der Waals surface area contributed by atoms with Crippen molar-refractivity contribution < 1.29 is 14.6 Å². The molecule has 0 radical (unpaired) electrons. The second kappa shape index (κ2) is 5.59. The molecule has 1 aromatic rings. The van der Waals surface area contributed by atoms with Gasteiger partial charge in [0.25, 0.3) is 0 Å². The molecule has 0 bridgehead atoms. The molecule has 0 fully saturated rings. The lowest BCUT2D eigenvalue weighted by molar-refractivity contribution is 0.0509. The van der Waals surface area contributed by atoms with Crippen LogP contribution in [0.25, 0.3) is 0 Å². The minimum Gasteiger partial charge on any atom is -0.468 e. The van der Waals surface area contributed by atoms with E-state index in [0.29, 0.717) is 5.75 Å². The maximum Gasteiger partial charge on any atom is 0.188 e. The summed E-state index contributed by atoms with van der Waals surface area (Å²) in [5.41, 5.74) is 6.09. The van der Waals surface area contributed by atoms with E-state index in [9.17, 15) is 5.11 Å². The van der Waals surface area contributed by atoms with Crippen molar-refractivity contribution in [1.82, 2.24) is 0 Å². The minimum atomic E-state index is -0.638. The smallest absolute Gasteiger partial charge is 0.188 e. The summed E-state index contributed by atoms with van der Waals surface area (Å²) in [6, 6.07) is 7.15. The average molecular weight is 197 g/mol. The average Bonchev–Trinajstić information content (AvgIpc) is 2.25. The molecule has 1 unspecified atom stereocenters. The minimum absolute atomic E-state index is 0.197. The van der Waals surface area contributed by atoms with Crippen LogP contribution < -0.4 is 10.5 Å². The first-order chi connectivity index (χ1) is 6.77. The third-order valence-corrected chi connectivity index (χ3v) is 1.81. The van der Waals surface area contributed by atoms with E-state index >= 15 is 0 Å². The molecule has 1 rings (SSSR count). The van der Waals surface area contributed by atoms with Crippen LogP contribution in [0, 0.1) is 0 Å². The van der Waals surface area contributed by atoms with Gasteiger partial charge in [-0.1, -0.05) is 12.1 Å². The van der Waals surface area contributed by atoms with Crippen LogP contribution in [0.15, 0.2) is 24.3 Å². The molecule has 0 aliphatic carbocycles. The molecule has 0 amide bonds. The molecule has 0 saturated carbocycles. The summed E-state index contributed by atoms with van der Waals surface area (Å²) >= 11 is 0. The predicted molar refractivity (Wildman–Crippen MR) is 53.0 cm³/mol. The third kappa shape index (κ3) is 2.99. The summed E-state index contributed by atoms with van der Waals surface area (Å²) in [7, 11) is 1.55. The van der Waals surface area contributed by atoms with Gasteiger partial charge in [-0.05, 0) is 17.7 Å². The number of methoxy groups -OCH3 is 1. The highest BCUT2D eigenvalue weighted by Crippen LogP contribution is 2.18. The molecule has 0 aliphatic heterocycles. The summed E-state index contributed by atoms with van der Waals surface area (Å²) < 4.78 is 9.98. The van der Waals surface area contributed by atoms with Gasteiger partial charge in [0.1, 0.15) is 5.75 Å². The Morgan fingerprint density at radius 2 is 2.29 bits per heavy atom. The van der Waals surface area contributed by atoms with Crippen molar-refractivity contribution in [1.29, 1.82) is 0 Å². The number of hydrogen-bond donors (Lipinski definition) is 2. The lowest BCUT2D eigenvalue weighted by Crippen LogP contribution is -2.11. The predicted octanol–water partition coefficient (Wildman–Crippen LogP) is 0.661. The quantitative estimate of drug-likeness (QED) is 0.681. The van der Waals surface area contributed by atoms with E-state index in [1.54, 1.807) is 31.4 Å². The van der Waals surface area contributed by atoms with Crippen LogP contribution in [0.3, 0.4) is 0 Å². The molecular formula is C10H15NO3. The van der Waals surface area contributed by atoms with Crippen LogP contribution in [0.2, 0.25) is 0 Å². The number of hydrogen-bond acceptors (Lipinski definition) is 4. The summed E-state index contributed by atoms with van der Waals surface area (Å²) in [5, 5.41) is 9.47. The molecular weight excluding hydrogens is 182 g/mol. The van der Waals surface area contributed by atoms with Crippen molar-refractivity contribution in [3.05, 3.63) is 29.8 Å². The molecule has 3 N–H and O–H groups in total. The Kier molecular flexibility index (Phi) is 4.39. The Bertz CT molecular complexity index is 278. The van der Waals surface area contributed by atoms with Crippen molar-refractivity contribution >= 4 is 0 Å². The Morgan fingerprint density at radius 3 is 2.93 bits per heavy atom. The van der Waals surface area contributed by atoms with Gasteiger partial charge in [-0.3, -0.25) is 0 Å². The monoisotopic (exact) mass is 197 g/mol. The number of aliphatic hydroxyl groups is 1. The fourth-order valence-electron chi connectivity index (χ4n) is 1.07. The zero-order valence-electron chi connectivity index (χ0n) is 8.14. The van der Waals surface area contributed by atoms with Gasteiger partial charge in [-0.15, -0.1) is 0 Å². The van der Waals surface area contributed by atoms with Crippen LogP contribution in [0.5, 0.6) is 5.75 Å². The molecule has 0 spiro atoms. The lowest BCUT2D eigenvalue weighted by Gasteiger charge is -2.10. The zero-order valence-corrected chi connectivity index (χ0v) is 8.14. The zero-order chi connectivity index (χ0) is 10.4. The van der Waals surface area contributed by atoms with Crippen LogP contribution in [0.4, 0.5) is 0 Å². The van der Waals surface area contributed by atoms with Crippen molar-refractivity contribution in [2.24, 2.45) is 5.73 Å². The molecule has 78 valence electrons. The molecule has 1 atom stereocenters. The molecule has 4 heteroatoms. The van der Waals surface area contributed by atoms with Gasteiger partial charge < -0.3 is 20.3 Å². The summed E-state index contributed by atoms with van der Waals surface area (Å²) in [6.07, 6.45) is -0.638. The van der Waals surface area contributed by atoms with E-state index < -0.39 is 6.10 Å². The lowest BCUT2D eigenvalue weighted by atomic mass is 10.1. The Balaban J connectivity index is 2.68. The number of rotatable bonds is 5. The van der Waals surface area contributed by atoms with Crippen molar-refractivity contribution in [3.8, 4) is 5.75 Å². The van der Waals surface area contributed by atoms with Crippen molar-refractivity contribution in [2.75, 3.05) is 20.4 Å². The summed E-state index contributed by atoms with van der Waals surface area (Å²) in [5.74, 6) is 0.664. The fourth-order valence-corrected chi connectivity index (χ4v) is 1.07. The van der Waals surface area contributed by atoms with Gasteiger partial charge in [-0.25, -0.2) is 0 Å². The highest BCUT2D eigenvalue weighted by molar-refractivity contribution is 5.29. The van der Waals surface area contributed by atoms with Gasteiger partial charge >= 0.3 is 0 Å². The Morgan fingerprint density at radius 1 is 1.50 bits per heavy atom. The SMILES string of the molecule is COCOc1cccc(C(O)CN)c1. The van der Waals surface area contributed by atoms with Crippen LogP contribution in [0.1, 0.15) is 11.7 Å². The van der Waals surface area contributed by atoms with E-state index in [1.165, 1.54) is 0 Å². The van der Waals surface area contributed by atoms with Crippen LogP contribution >= 0.6 is 0 Å². The fraction of sp³-hybridized carbons (Fsp3) is 0.400. The van der Waals surface area contributed by atoms with Gasteiger partial charge in [-0.2, -0.15) is 0 Å². The molecule has 1 aromatic carbocycles. The second-order valence-corrected chi connectivity index (χ2v) is 2.87. The molecule has 0 aromatic heterocycles. The molecule has 14 heavy (non-hydrogen) atoms. The maximum atomic E-state index is 9.47. The van der Waals surface area contributed by atoms with E-state index in [2.05, 4.69) is 0 Å². The molecule has 0 heterocycles. The van der Waals surface area contributed by atoms with Gasteiger partial charge in [0.2, 0.25) is 0 Å². The van der Waals surface area contributed by atoms with Gasteiger partial charge in [0, 0.05) is 13.7 Å². The second-order valence-electron chi connectivity index (χ2n) is 2.87. The van der Waals surface area contributed by atoms with E-state index in [0.717, 1.165) is 5.56 Å². The number of aliphatic hydroxyl groups excluding tert-OH is 1. The first-order valence-corrected chi connectivity index (χ1v) is 4.37. The van der Waals surface area contributed by atoms with Crippen LogP contribution in [-0.4, -0.2) is 25.6 Å². The summed E-state index contributed by atoms with van der Waals surface area (Å²) in [4.78, 5) is 0. The maximum absolute atomic E-state index is 9.47. The van der Waals surface area contributed by atoms with Crippen LogP contribution in [-0.2, 0) is 4.74 Å². The van der Waals surface area contributed by atoms with Crippen molar-refractivity contribution in [2.45, 2.75) is 6.10 Å². The number of nitrogens with two attached hydrogens (primary N) is 1. The normalized spacial score (nSPS) is 12.5. The third-order valence-electron chi connectivity index (χ3n) is 1.81. The Labute approximate surface area is 83.3 Å². The van der Waals surface area contributed by atoms with Gasteiger partial charge in [0.05, 0.1) is 6.10 Å². The molecule has 0 saturated heterocycles. The van der Waals surface area contributed by atoms with E-state index in [4.69, 9.17) is 15.2 Å². The largest absolute Gasteiger partial charge is 0.468 e. The number of ether oxygens (including phenoxy) is 2. The van der Waals surface area contributed by atoms with Crippen molar-refractivity contribution in [3.63, 3.8) is 0 Å². The molecule has 0 aliphatic rings. The Hall–Kier alpha value is -1.10. The highest BCUT2D eigenvalue weighted by atomic mass is 16.7.